The predicted molar refractivity (Wildman–Crippen MR) is 93.6 cm³/mol. The number of likely N-dealkylation sites (tertiary alicyclic amines) is 1. The van der Waals surface area contributed by atoms with E-state index in [1.807, 2.05) is 24.0 Å². The van der Waals surface area contributed by atoms with E-state index < -0.39 is 6.10 Å². The lowest BCUT2D eigenvalue weighted by Crippen LogP contribution is -2.41. The van der Waals surface area contributed by atoms with E-state index in [-0.39, 0.29) is 11.8 Å². The molecule has 0 saturated carbocycles. The number of aliphatic hydroxyl groups excluding tert-OH is 1. The monoisotopic (exact) mass is 349 g/mol. The number of allylic oxidation sites excluding steroid dienone is 1. The van der Waals surface area contributed by atoms with Gasteiger partial charge in [0.15, 0.2) is 0 Å². The number of benzene rings is 1. The smallest absolute Gasteiger partial charge is 0.253 e. The largest absolute Gasteiger partial charge is 0.498 e. The molecule has 1 aromatic carbocycles. The van der Waals surface area contributed by atoms with E-state index in [4.69, 9.17) is 16.3 Å². The topological polar surface area (TPSA) is 49.8 Å². The van der Waals surface area contributed by atoms with Crippen LogP contribution in [0.1, 0.15) is 44.3 Å². The van der Waals surface area contributed by atoms with Gasteiger partial charge in [-0.15, -0.1) is 0 Å². The van der Waals surface area contributed by atoms with Gasteiger partial charge in [-0.2, -0.15) is 0 Å². The fourth-order valence-corrected chi connectivity index (χ4v) is 3.66. The summed E-state index contributed by atoms with van der Waals surface area (Å²) in [7, 11) is 0. The van der Waals surface area contributed by atoms with Crippen LogP contribution in [0, 0.1) is 5.92 Å². The van der Waals surface area contributed by atoms with Crippen molar-refractivity contribution in [1.82, 2.24) is 4.90 Å². The first-order valence-corrected chi connectivity index (χ1v) is 8.99. The van der Waals surface area contributed by atoms with E-state index in [1.54, 1.807) is 12.1 Å². The van der Waals surface area contributed by atoms with Crippen molar-refractivity contribution in [3.8, 4) is 0 Å². The zero-order chi connectivity index (χ0) is 17.1. The Morgan fingerprint density at radius 2 is 1.96 bits per heavy atom. The lowest BCUT2D eigenvalue weighted by Gasteiger charge is -2.35. The first-order chi connectivity index (χ1) is 11.6. The summed E-state index contributed by atoms with van der Waals surface area (Å²) in [6, 6.07) is 7.35. The van der Waals surface area contributed by atoms with Crippen LogP contribution in [0.3, 0.4) is 0 Å². The minimum absolute atomic E-state index is 0.103. The number of hydrogen-bond acceptors (Lipinski definition) is 3. The highest BCUT2D eigenvalue weighted by atomic mass is 35.5. The Bertz CT molecular complexity index is 618. The molecule has 3 rings (SSSR count). The molecular weight excluding hydrogens is 326 g/mol. The van der Waals surface area contributed by atoms with Crippen LogP contribution < -0.4 is 0 Å². The molecule has 5 heteroatoms. The minimum atomic E-state index is -0.501. The number of halogens is 1. The van der Waals surface area contributed by atoms with E-state index in [0.717, 1.165) is 42.6 Å². The molecule has 4 nitrogen and oxygen atoms in total. The average molecular weight is 350 g/mol. The second kappa shape index (κ2) is 7.58. The van der Waals surface area contributed by atoms with Crippen LogP contribution in [0.4, 0.5) is 0 Å². The molecule has 0 bridgehead atoms. The molecule has 1 N–H and O–H groups in total. The minimum Gasteiger partial charge on any atom is -0.498 e. The van der Waals surface area contributed by atoms with Gasteiger partial charge < -0.3 is 14.7 Å². The molecule has 1 fully saturated rings. The van der Waals surface area contributed by atoms with E-state index in [0.29, 0.717) is 24.7 Å². The third-order valence-electron chi connectivity index (χ3n) is 5.06. The van der Waals surface area contributed by atoms with Gasteiger partial charge in [0.05, 0.1) is 18.3 Å². The number of amides is 1. The number of rotatable bonds is 3. The van der Waals surface area contributed by atoms with Crippen molar-refractivity contribution in [1.29, 1.82) is 0 Å². The van der Waals surface area contributed by atoms with E-state index in [2.05, 4.69) is 0 Å². The Hall–Kier alpha value is -1.52. The lowest BCUT2D eigenvalue weighted by molar-refractivity contribution is -0.129. The maximum atomic E-state index is 12.7. The highest BCUT2D eigenvalue weighted by Crippen LogP contribution is 2.32. The fourth-order valence-electron chi connectivity index (χ4n) is 3.54. The van der Waals surface area contributed by atoms with Gasteiger partial charge in [-0.3, -0.25) is 4.79 Å². The molecule has 130 valence electrons. The van der Waals surface area contributed by atoms with Crippen LogP contribution in [-0.4, -0.2) is 35.6 Å². The summed E-state index contributed by atoms with van der Waals surface area (Å²) in [4.78, 5) is 14.6. The van der Waals surface area contributed by atoms with Crippen molar-refractivity contribution in [2.45, 2.75) is 38.7 Å². The van der Waals surface area contributed by atoms with Crippen LogP contribution in [0.2, 0.25) is 5.02 Å². The highest BCUT2D eigenvalue weighted by Gasteiger charge is 2.30. The summed E-state index contributed by atoms with van der Waals surface area (Å²) in [5, 5.41) is 11.2. The van der Waals surface area contributed by atoms with Crippen LogP contribution in [0.15, 0.2) is 35.6 Å². The molecule has 0 aromatic heterocycles. The van der Waals surface area contributed by atoms with E-state index in [9.17, 15) is 9.90 Å². The molecule has 2 heterocycles. The van der Waals surface area contributed by atoms with Crippen molar-refractivity contribution in [3.63, 3.8) is 0 Å². The van der Waals surface area contributed by atoms with Crippen molar-refractivity contribution in [3.05, 3.63) is 46.2 Å². The third kappa shape index (κ3) is 3.76. The maximum absolute atomic E-state index is 12.7. The van der Waals surface area contributed by atoms with Crippen molar-refractivity contribution in [2.75, 3.05) is 19.7 Å². The quantitative estimate of drug-likeness (QED) is 0.905. The lowest BCUT2D eigenvalue weighted by atomic mass is 9.87. The number of aliphatic hydroxyl groups is 1. The summed E-state index contributed by atoms with van der Waals surface area (Å²) >= 11 is 5.90. The van der Waals surface area contributed by atoms with Gasteiger partial charge in [-0.1, -0.05) is 23.7 Å². The summed E-state index contributed by atoms with van der Waals surface area (Å²) in [5.74, 6) is 1.05. The van der Waals surface area contributed by atoms with Gasteiger partial charge in [-0.05, 0) is 56.2 Å². The van der Waals surface area contributed by atoms with Crippen LogP contribution in [0.25, 0.3) is 0 Å². The molecular formula is C19H24ClNO3. The number of nitrogens with zero attached hydrogens (tertiary/aromatic N) is 1. The Balaban J connectivity index is 1.59. The number of piperidine rings is 1. The standard InChI is InChI=1S/C19H24ClNO3/c1-13-17(3-2-12-24-13)19(23)21-10-8-15(9-11-21)18(22)14-4-6-16(20)7-5-14/h4-7,15,18,22H,2-3,8-12H2,1H3. The molecule has 0 radical (unpaired) electrons. The summed E-state index contributed by atoms with van der Waals surface area (Å²) in [6.45, 7) is 3.96. The molecule has 2 aliphatic rings. The predicted octanol–water partition coefficient (Wildman–Crippen LogP) is 3.70. The zero-order valence-corrected chi connectivity index (χ0v) is 14.8. The van der Waals surface area contributed by atoms with Gasteiger partial charge in [0.1, 0.15) is 5.76 Å². The van der Waals surface area contributed by atoms with Crippen LogP contribution in [-0.2, 0) is 9.53 Å². The molecule has 1 amide bonds. The van der Waals surface area contributed by atoms with Crippen molar-refractivity contribution >= 4 is 17.5 Å². The number of carbonyl (C=O) groups excluding carboxylic acids is 1. The molecule has 24 heavy (non-hydrogen) atoms. The zero-order valence-electron chi connectivity index (χ0n) is 14.0. The molecule has 1 saturated heterocycles. The summed E-state index contributed by atoms with van der Waals surface area (Å²) in [5.41, 5.74) is 1.71. The summed E-state index contributed by atoms with van der Waals surface area (Å²) < 4.78 is 5.51. The highest BCUT2D eigenvalue weighted by molar-refractivity contribution is 6.30. The van der Waals surface area contributed by atoms with Gasteiger partial charge in [0, 0.05) is 18.1 Å². The number of hydrogen-bond donors (Lipinski definition) is 1. The normalized spacial score (nSPS) is 20.7. The van der Waals surface area contributed by atoms with E-state index >= 15 is 0 Å². The molecule has 1 aromatic rings. The Morgan fingerprint density at radius 3 is 2.58 bits per heavy atom. The van der Waals surface area contributed by atoms with Crippen molar-refractivity contribution in [2.24, 2.45) is 5.92 Å². The number of ether oxygens (including phenoxy) is 1. The fraction of sp³-hybridized carbons (Fsp3) is 0.526. The first-order valence-electron chi connectivity index (χ1n) is 8.61. The second-order valence-electron chi connectivity index (χ2n) is 6.61. The molecule has 2 aliphatic heterocycles. The first kappa shape index (κ1) is 17.3. The second-order valence-corrected chi connectivity index (χ2v) is 7.05. The third-order valence-corrected chi connectivity index (χ3v) is 5.31. The average Bonchev–Trinajstić information content (AvgIpc) is 2.62. The summed E-state index contributed by atoms with van der Waals surface area (Å²) in [6.07, 6.45) is 2.83. The molecule has 1 atom stereocenters. The maximum Gasteiger partial charge on any atom is 0.253 e. The van der Waals surface area contributed by atoms with Gasteiger partial charge in [0.2, 0.25) is 0 Å². The number of carbonyl (C=O) groups is 1. The Labute approximate surface area is 148 Å². The van der Waals surface area contributed by atoms with Gasteiger partial charge in [-0.25, -0.2) is 0 Å². The van der Waals surface area contributed by atoms with Crippen LogP contribution in [0.5, 0.6) is 0 Å². The van der Waals surface area contributed by atoms with Crippen molar-refractivity contribution < 1.29 is 14.6 Å². The Morgan fingerprint density at radius 1 is 1.29 bits per heavy atom. The van der Waals surface area contributed by atoms with E-state index in [1.165, 1.54) is 0 Å². The molecule has 0 spiro atoms. The Kier molecular flexibility index (Phi) is 5.47. The molecule has 0 aliphatic carbocycles. The van der Waals surface area contributed by atoms with Crippen LogP contribution >= 0.6 is 11.6 Å². The SMILES string of the molecule is CC1=C(C(=O)N2CCC(C(O)c3ccc(Cl)cc3)CC2)CCCO1. The van der Waals surface area contributed by atoms with Gasteiger partial charge in [0.25, 0.3) is 5.91 Å². The van der Waals surface area contributed by atoms with Gasteiger partial charge >= 0.3 is 0 Å². The molecule has 1 unspecified atom stereocenters.